The van der Waals surface area contributed by atoms with Gasteiger partial charge in [0.1, 0.15) is 12.0 Å². The van der Waals surface area contributed by atoms with E-state index in [9.17, 15) is 0 Å². The highest BCUT2D eigenvalue weighted by Crippen LogP contribution is 2.16. The Bertz CT molecular complexity index is 127. The molecule has 0 atom stereocenters. The standard InChI is InChI=1S/C16H36N.ClF/c1-5-9-13-17(14-10-6-2,15-11-7-3)16-12-8-4;1-2/h5-16H2,1-4H3;/q+1;. The van der Waals surface area contributed by atoms with E-state index < -0.39 is 0 Å². The third kappa shape index (κ3) is 11.7. The fourth-order valence-electron chi connectivity index (χ4n) is 2.64. The molecule has 19 heavy (non-hydrogen) atoms. The molecular formula is C16H36ClFN+. The highest BCUT2D eigenvalue weighted by Gasteiger charge is 2.24. The number of halogens is 2. The topological polar surface area (TPSA) is 0 Å². The largest absolute Gasteiger partial charge is 0.324 e. The molecule has 0 aliphatic heterocycles. The Labute approximate surface area is 126 Å². The van der Waals surface area contributed by atoms with E-state index in [0.717, 1.165) is 0 Å². The fourth-order valence-corrected chi connectivity index (χ4v) is 2.64. The average Bonchev–Trinajstić information content (AvgIpc) is 2.48. The van der Waals surface area contributed by atoms with E-state index in [2.05, 4.69) is 39.7 Å². The van der Waals surface area contributed by atoms with Crippen LogP contribution in [0.2, 0.25) is 0 Å². The molecule has 0 fully saturated rings. The van der Waals surface area contributed by atoms with E-state index in [0.29, 0.717) is 0 Å². The van der Waals surface area contributed by atoms with E-state index in [1.807, 2.05) is 0 Å². The van der Waals surface area contributed by atoms with Crippen LogP contribution >= 0.6 is 12.0 Å². The van der Waals surface area contributed by atoms with Crippen molar-refractivity contribution >= 4 is 12.0 Å². The maximum atomic E-state index is 8.97. The van der Waals surface area contributed by atoms with Gasteiger partial charge in [-0.1, -0.05) is 53.4 Å². The van der Waals surface area contributed by atoms with Gasteiger partial charge >= 0.3 is 0 Å². The van der Waals surface area contributed by atoms with Crippen molar-refractivity contribution in [3.63, 3.8) is 0 Å². The molecule has 0 rings (SSSR count). The summed E-state index contributed by atoms with van der Waals surface area (Å²) in [6.45, 7) is 15.0. The van der Waals surface area contributed by atoms with Crippen LogP contribution in [0.25, 0.3) is 0 Å². The van der Waals surface area contributed by atoms with Gasteiger partial charge in [-0.25, -0.2) is 0 Å². The predicted molar refractivity (Wildman–Crippen MR) is 86.3 cm³/mol. The van der Waals surface area contributed by atoms with Crippen molar-refractivity contribution in [1.82, 2.24) is 0 Å². The number of hydrogen-bond acceptors (Lipinski definition) is 0. The second kappa shape index (κ2) is 16.2. The number of nitrogens with zero attached hydrogens (tertiary/aromatic N) is 1. The third-order valence-electron chi connectivity index (χ3n) is 3.94. The third-order valence-corrected chi connectivity index (χ3v) is 3.94. The summed E-state index contributed by atoms with van der Waals surface area (Å²) in [4.78, 5) is 0. The van der Waals surface area contributed by atoms with Crippen molar-refractivity contribution in [2.75, 3.05) is 26.2 Å². The maximum absolute atomic E-state index is 8.97. The van der Waals surface area contributed by atoms with Gasteiger partial charge in [-0.15, -0.1) is 3.98 Å². The Morgan fingerprint density at radius 2 is 0.789 bits per heavy atom. The molecule has 118 valence electrons. The van der Waals surface area contributed by atoms with Crippen molar-refractivity contribution in [2.24, 2.45) is 0 Å². The molecule has 0 amide bonds. The van der Waals surface area contributed by atoms with Crippen LogP contribution in [-0.4, -0.2) is 30.7 Å². The van der Waals surface area contributed by atoms with Crippen LogP contribution in [0.4, 0.5) is 3.98 Å². The summed E-state index contributed by atoms with van der Waals surface area (Å²) in [6.07, 6.45) is 11.1. The number of rotatable bonds is 12. The molecular weight excluding hydrogens is 261 g/mol. The first kappa shape index (κ1) is 21.5. The molecule has 0 saturated carbocycles. The first-order chi connectivity index (χ1) is 9.24. The first-order valence-electron chi connectivity index (χ1n) is 8.24. The lowest BCUT2D eigenvalue weighted by molar-refractivity contribution is -0.929. The van der Waals surface area contributed by atoms with E-state index in [-0.39, 0.29) is 0 Å². The fraction of sp³-hybridized carbons (Fsp3) is 1.00. The normalized spacial score (nSPS) is 11.1. The summed E-state index contributed by atoms with van der Waals surface area (Å²) in [6, 6.07) is 0. The van der Waals surface area contributed by atoms with Crippen LogP contribution in [0, 0.1) is 0 Å². The van der Waals surface area contributed by atoms with Crippen molar-refractivity contribution in [2.45, 2.75) is 79.1 Å². The summed E-state index contributed by atoms with van der Waals surface area (Å²) in [5.41, 5.74) is 0. The Balaban J connectivity index is 0. The minimum atomic E-state index is 1.35. The Kier molecular flexibility index (Phi) is 18.4. The van der Waals surface area contributed by atoms with Crippen molar-refractivity contribution < 1.29 is 8.47 Å². The minimum absolute atomic E-state index is 1.35. The monoisotopic (exact) mass is 296 g/mol. The van der Waals surface area contributed by atoms with Crippen LogP contribution in [0.1, 0.15) is 79.1 Å². The van der Waals surface area contributed by atoms with Gasteiger partial charge in [-0.3, -0.25) is 0 Å². The second-order valence-electron chi connectivity index (χ2n) is 5.65. The van der Waals surface area contributed by atoms with Crippen LogP contribution in [-0.2, 0) is 0 Å². The molecule has 0 N–H and O–H groups in total. The maximum Gasteiger partial charge on any atom is 0.116 e. The lowest BCUT2D eigenvalue weighted by Crippen LogP contribution is -2.50. The summed E-state index contributed by atoms with van der Waals surface area (Å²) < 4.78 is 10.4. The highest BCUT2D eigenvalue weighted by molar-refractivity contribution is 6.06. The molecule has 0 saturated heterocycles. The molecule has 0 heterocycles. The lowest BCUT2D eigenvalue weighted by Gasteiger charge is -2.39. The molecule has 0 radical (unpaired) electrons. The highest BCUT2D eigenvalue weighted by atomic mass is 35.5. The smallest absolute Gasteiger partial charge is 0.116 e. The number of quaternary nitrogens is 1. The van der Waals surface area contributed by atoms with Gasteiger partial charge in [0.2, 0.25) is 0 Å². The van der Waals surface area contributed by atoms with Gasteiger partial charge in [0.15, 0.2) is 0 Å². The molecule has 3 heteroatoms. The zero-order valence-corrected chi connectivity index (χ0v) is 14.4. The van der Waals surface area contributed by atoms with Crippen LogP contribution in [0.15, 0.2) is 0 Å². The Morgan fingerprint density at radius 3 is 0.947 bits per heavy atom. The molecule has 0 aliphatic carbocycles. The van der Waals surface area contributed by atoms with Gasteiger partial charge in [-0.2, -0.15) is 0 Å². The van der Waals surface area contributed by atoms with Crippen molar-refractivity contribution in [1.29, 1.82) is 0 Å². The zero-order valence-electron chi connectivity index (χ0n) is 13.7. The van der Waals surface area contributed by atoms with Gasteiger partial charge in [-0.05, 0) is 25.7 Å². The molecule has 0 aromatic heterocycles. The Hall–Kier alpha value is 0.180. The molecule has 0 aliphatic rings. The number of unbranched alkanes of at least 4 members (excludes halogenated alkanes) is 4. The van der Waals surface area contributed by atoms with Crippen molar-refractivity contribution in [3.05, 3.63) is 0 Å². The van der Waals surface area contributed by atoms with Crippen molar-refractivity contribution in [3.8, 4) is 0 Å². The lowest BCUT2D eigenvalue weighted by atomic mass is 10.1. The molecule has 1 nitrogen and oxygen atoms in total. The summed E-state index contributed by atoms with van der Waals surface area (Å²) in [5.74, 6) is 0. The molecule has 0 bridgehead atoms. The SMILES string of the molecule is CCCC[N+](CCCC)(CCCC)CCCC.FCl. The predicted octanol–water partition coefficient (Wildman–Crippen LogP) is 6.11. The van der Waals surface area contributed by atoms with E-state index in [1.54, 1.807) is 0 Å². The van der Waals surface area contributed by atoms with E-state index in [1.165, 1.54) is 82.0 Å². The summed E-state index contributed by atoms with van der Waals surface area (Å²) in [5, 5.41) is 0. The molecule has 0 aromatic rings. The second-order valence-corrected chi connectivity index (χ2v) is 5.65. The van der Waals surface area contributed by atoms with Crippen LogP contribution < -0.4 is 0 Å². The zero-order chi connectivity index (χ0) is 15.0. The van der Waals surface area contributed by atoms with E-state index in [4.69, 9.17) is 3.98 Å². The van der Waals surface area contributed by atoms with Crippen LogP contribution in [0.5, 0.6) is 0 Å². The number of hydrogen-bond donors (Lipinski definition) is 0. The van der Waals surface area contributed by atoms with Gasteiger partial charge < -0.3 is 4.48 Å². The summed E-state index contributed by atoms with van der Waals surface area (Å²) in [7, 11) is 0. The first-order valence-corrected chi connectivity index (χ1v) is 8.52. The van der Waals surface area contributed by atoms with Gasteiger partial charge in [0.05, 0.1) is 26.2 Å². The average molecular weight is 297 g/mol. The van der Waals surface area contributed by atoms with E-state index >= 15 is 0 Å². The Morgan fingerprint density at radius 1 is 0.579 bits per heavy atom. The molecule has 0 spiro atoms. The molecule has 0 aromatic carbocycles. The van der Waals surface area contributed by atoms with Crippen LogP contribution in [0.3, 0.4) is 0 Å². The quantitative estimate of drug-likeness (QED) is 0.381. The summed E-state index contributed by atoms with van der Waals surface area (Å²) >= 11 is 3.14. The van der Waals surface area contributed by atoms with Gasteiger partial charge in [0, 0.05) is 0 Å². The molecule has 0 unspecified atom stereocenters. The minimum Gasteiger partial charge on any atom is -0.324 e. The van der Waals surface area contributed by atoms with Gasteiger partial charge in [0.25, 0.3) is 0 Å².